The first-order valence-corrected chi connectivity index (χ1v) is 9.82. The lowest BCUT2D eigenvalue weighted by Gasteiger charge is -2.32. The summed E-state index contributed by atoms with van der Waals surface area (Å²) in [6.45, 7) is 10.6. The number of hydrogen-bond donors (Lipinski definition) is 3. The van der Waals surface area contributed by atoms with E-state index in [1.165, 1.54) is 16.7 Å². The first-order valence-electron chi connectivity index (χ1n) is 9.82. The minimum Gasteiger partial charge on any atom is -0.408 e. The zero-order valence-electron chi connectivity index (χ0n) is 16.3. The van der Waals surface area contributed by atoms with Crippen LogP contribution in [0.3, 0.4) is 0 Å². The Balaban J connectivity index is 1.48. The summed E-state index contributed by atoms with van der Waals surface area (Å²) < 4.78 is 5.78. The molecule has 0 bridgehead atoms. The highest BCUT2D eigenvalue weighted by atomic mass is 16.4. The van der Waals surface area contributed by atoms with Crippen LogP contribution in [0.1, 0.15) is 48.3 Å². The molecule has 1 aromatic heterocycles. The minimum absolute atomic E-state index is 0.187. The zero-order valence-corrected chi connectivity index (χ0v) is 16.3. The molecule has 7 nitrogen and oxygen atoms in total. The second kappa shape index (κ2) is 7.58. The lowest BCUT2D eigenvalue weighted by atomic mass is 9.82. The van der Waals surface area contributed by atoms with Gasteiger partial charge in [0, 0.05) is 43.8 Å². The highest BCUT2D eigenvalue weighted by Gasteiger charge is 2.33. The van der Waals surface area contributed by atoms with Gasteiger partial charge in [0.2, 0.25) is 5.89 Å². The van der Waals surface area contributed by atoms with E-state index in [-0.39, 0.29) is 12.0 Å². The SMILES string of the molecule is Cc1cc(CN2CCN[C@@H](C)C2)c(C)c(Nc2nnc([C@H]3C[C@@H](O)C3)o2)c1. The molecule has 2 aromatic rings. The highest BCUT2D eigenvalue weighted by Crippen LogP contribution is 2.36. The van der Waals surface area contributed by atoms with Crippen LogP contribution in [0.5, 0.6) is 0 Å². The highest BCUT2D eigenvalue weighted by molar-refractivity contribution is 5.61. The first-order chi connectivity index (χ1) is 13.0. The van der Waals surface area contributed by atoms with E-state index >= 15 is 0 Å². The molecule has 0 spiro atoms. The molecule has 7 heteroatoms. The number of aryl methyl sites for hydroxylation is 1. The van der Waals surface area contributed by atoms with Gasteiger partial charge in [-0.2, -0.15) is 0 Å². The maximum atomic E-state index is 9.46. The van der Waals surface area contributed by atoms with Crippen molar-refractivity contribution in [1.82, 2.24) is 20.4 Å². The Morgan fingerprint density at radius 1 is 1.30 bits per heavy atom. The second-order valence-electron chi connectivity index (χ2n) is 8.08. The van der Waals surface area contributed by atoms with E-state index in [4.69, 9.17) is 4.42 Å². The molecule has 4 rings (SSSR count). The van der Waals surface area contributed by atoms with Gasteiger partial charge in [0.15, 0.2) is 0 Å². The molecule has 1 aliphatic carbocycles. The fraction of sp³-hybridized carbons (Fsp3) is 0.600. The Morgan fingerprint density at radius 2 is 2.11 bits per heavy atom. The molecule has 1 atom stereocenters. The van der Waals surface area contributed by atoms with Gasteiger partial charge in [-0.15, -0.1) is 5.10 Å². The molecular formula is C20H29N5O2. The molecule has 1 saturated heterocycles. The average Bonchev–Trinajstić information content (AvgIpc) is 3.04. The Morgan fingerprint density at radius 3 is 2.85 bits per heavy atom. The van der Waals surface area contributed by atoms with Crippen molar-refractivity contribution in [3.05, 3.63) is 34.7 Å². The van der Waals surface area contributed by atoms with Gasteiger partial charge in [0.25, 0.3) is 0 Å². The fourth-order valence-electron chi connectivity index (χ4n) is 3.98. The van der Waals surface area contributed by atoms with Gasteiger partial charge in [-0.3, -0.25) is 4.90 Å². The summed E-state index contributed by atoms with van der Waals surface area (Å²) in [5, 5.41) is 24.5. The standard InChI is InChI=1S/C20H29N5O2/c1-12-6-16(11-25-5-4-21-13(2)10-25)14(3)18(7-12)22-20-24-23-19(27-20)15-8-17(26)9-15/h6-7,13,15,17,21,26H,4-5,8-11H2,1-3H3,(H,22,24)/t13-,15-,17+/m0/s1. The molecule has 1 aromatic carbocycles. The normalized spacial score (nSPS) is 26.0. The molecule has 0 unspecified atom stereocenters. The smallest absolute Gasteiger partial charge is 0.320 e. The van der Waals surface area contributed by atoms with Crippen molar-refractivity contribution in [3.63, 3.8) is 0 Å². The first kappa shape index (κ1) is 18.4. The zero-order chi connectivity index (χ0) is 19.0. The predicted octanol–water partition coefficient (Wildman–Crippen LogP) is 2.46. The van der Waals surface area contributed by atoms with E-state index in [0.29, 0.717) is 30.8 Å². The molecule has 1 saturated carbocycles. The van der Waals surface area contributed by atoms with Crippen molar-refractivity contribution in [3.8, 4) is 0 Å². The van der Waals surface area contributed by atoms with Crippen molar-refractivity contribution in [2.45, 2.75) is 58.2 Å². The van der Waals surface area contributed by atoms with Crippen molar-refractivity contribution in [1.29, 1.82) is 0 Å². The average molecular weight is 371 g/mol. The van der Waals surface area contributed by atoms with E-state index in [2.05, 4.69) is 58.6 Å². The summed E-state index contributed by atoms with van der Waals surface area (Å²) in [6, 6.07) is 5.34. The molecule has 0 amide bonds. The van der Waals surface area contributed by atoms with Gasteiger partial charge >= 0.3 is 6.01 Å². The van der Waals surface area contributed by atoms with Crippen LogP contribution in [0, 0.1) is 13.8 Å². The topological polar surface area (TPSA) is 86.5 Å². The van der Waals surface area contributed by atoms with Crippen molar-refractivity contribution in [2.75, 3.05) is 25.0 Å². The maximum absolute atomic E-state index is 9.46. The van der Waals surface area contributed by atoms with Crippen molar-refractivity contribution < 1.29 is 9.52 Å². The van der Waals surface area contributed by atoms with E-state index < -0.39 is 0 Å². The quantitative estimate of drug-likeness (QED) is 0.744. The Labute approximate surface area is 160 Å². The predicted molar refractivity (Wildman–Crippen MR) is 104 cm³/mol. The van der Waals surface area contributed by atoms with Crippen LogP contribution in [0.2, 0.25) is 0 Å². The van der Waals surface area contributed by atoms with Gasteiger partial charge in [-0.25, -0.2) is 0 Å². The molecule has 1 aliphatic heterocycles. The summed E-state index contributed by atoms with van der Waals surface area (Å²) >= 11 is 0. The van der Waals surface area contributed by atoms with Gasteiger partial charge < -0.3 is 20.2 Å². The molecule has 27 heavy (non-hydrogen) atoms. The Kier molecular flexibility index (Phi) is 5.16. The molecule has 2 fully saturated rings. The summed E-state index contributed by atoms with van der Waals surface area (Å²) in [7, 11) is 0. The monoisotopic (exact) mass is 371 g/mol. The third-order valence-corrected chi connectivity index (χ3v) is 5.65. The van der Waals surface area contributed by atoms with Crippen LogP contribution in [-0.2, 0) is 6.54 Å². The van der Waals surface area contributed by atoms with E-state index in [1.807, 2.05) is 0 Å². The molecule has 0 radical (unpaired) electrons. The number of rotatable bonds is 5. The van der Waals surface area contributed by atoms with Gasteiger partial charge in [0.05, 0.1) is 6.10 Å². The van der Waals surface area contributed by atoms with Crippen molar-refractivity contribution >= 4 is 11.7 Å². The number of aromatic nitrogens is 2. The summed E-state index contributed by atoms with van der Waals surface area (Å²) in [5.41, 5.74) is 4.76. The number of aliphatic hydroxyl groups excluding tert-OH is 1. The minimum atomic E-state index is -0.229. The number of hydrogen-bond acceptors (Lipinski definition) is 7. The van der Waals surface area contributed by atoms with E-state index in [1.54, 1.807) is 0 Å². The summed E-state index contributed by atoms with van der Waals surface area (Å²) in [4.78, 5) is 2.50. The van der Waals surface area contributed by atoms with Crippen LogP contribution >= 0.6 is 0 Å². The second-order valence-corrected chi connectivity index (χ2v) is 8.08. The van der Waals surface area contributed by atoms with Crippen LogP contribution < -0.4 is 10.6 Å². The molecule has 146 valence electrons. The largest absolute Gasteiger partial charge is 0.408 e. The van der Waals surface area contributed by atoms with Crippen LogP contribution in [0.25, 0.3) is 0 Å². The Bertz CT molecular complexity index is 800. The van der Waals surface area contributed by atoms with Crippen LogP contribution in [0.4, 0.5) is 11.7 Å². The van der Waals surface area contributed by atoms with E-state index in [0.717, 1.165) is 31.9 Å². The number of piperazine rings is 1. The van der Waals surface area contributed by atoms with Gasteiger partial charge in [0.1, 0.15) is 0 Å². The Hall–Kier alpha value is -1.96. The summed E-state index contributed by atoms with van der Waals surface area (Å²) in [5.74, 6) is 0.801. The third-order valence-electron chi connectivity index (χ3n) is 5.65. The number of benzene rings is 1. The molecular weight excluding hydrogens is 342 g/mol. The van der Waals surface area contributed by atoms with Crippen LogP contribution in [0.15, 0.2) is 16.5 Å². The lowest BCUT2D eigenvalue weighted by Crippen LogP contribution is -2.48. The fourth-order valence-corrected chi connectivity index (χ4v) is 3.98. The molecule has 2 heterocycles. The van der Waals surface area contributed by atoms with Crippen molar-refractivity contribution in [2.24, 2.45) is 0 Å². The maximum Gasteiger partial charge on any atom is 0.320 e. The van der Waals surface area contributed by atoms with E-state index in [9.17, 15) is 5.11 Å². The lowest BCUT2D eigenvalue weighted by molar-refractivity contribution is 0.0651. The number of anilines is 2. The van der Waals surface area contributed by atoms with Crippen LogP contribution in [-0.4, -0.2) is 52.0 Å². The molecule has 2 aliphatic rings. The number of aliphatic hydroxyl groups is 1. The van der Waals surface area contributed by atoms with Gasteiger partial charge in [-0.1, -0.05) is 11.2 Å². The number of nitrogens with one attached hydrogen (secondary N) is 2. The summed E-state index contributed by atoms with van der Waals surface area (Å²) in [6.07, 6.45) is 1.18. The van der Waals surface area contributed by atoms with Gasteiger partial charge in [-0.05, 0) is 56.4 Å². The third kappa shape index (κ3) is 4.15. The molecule has 3 N–H and O–H groups in total. The number of nitrogens with zero attached hydrogens (tertiary/aromatic N) is 3.